The van der Waals surface area contributed by atoms with Crippen LogP contribution in [0.4, 0.5) is 0 Å². The van der Waals surface area contributed by atoms with E-state index in [-0.39, 0.29) is 18.7 Å². The third-order valence-electron chi connectivity index (χ3n) is 1.37. The number of ether oxygens (including phenoxy) is 1. The Kier molecular flexibility index (Phi) is 6.39. The van der Waals surface area contributed by atoms with E-state index in [1.54, 1.807) is 13.8 Å². The molecule has 0 spiro atoms. The van der Waals surface area contributed by atoms with Crippen molar-refractivity contribution in [3.05, 3.63) is 0 Å². The minimum Gasteiger partial charge on any atom is -0.462 e. The van der Waals surface area contributed by atoms with Gasteiger partial charge in [-0.1, -0.05) is 0 Å². The summed E-state index contributed by atoms with van der Waals surface area (Å²) in [5.74, 6) is -0.759. The molecule has 0 aliphatic carbocycles. The molecule has 88 valence electrons. The van der Waals surface area contributed by atoms with Crippen molar-refractivity contribution >= 4 is 11.9 Å². The van der Waals surface area contributed by atoms with Crippen LogP contribution in [0.1, 0.15) is 20.3 Å². The van der Waals surface area contributed by atoms with Gasteiger partial charge in [0.05, 0.1) is 12.7 Å². The van der Waals surface area contributed by atoms with Crippen molar-refractivity contribution in [1.82, 2.24) is 5.48 Å². The molecule has 0 heterocycles. The molecule has 0 amide bonds. The summed E-state index contributed by atoms with van der Waals surface area (Å²) >= 11 is 0. The van der Waals surface area contributed by atoms with Crippen molar-refractivity contribution in [3.8, 4) is 0 Å². The summed E-state index contributed by atoms with van der Waals surface area (Å²) in [6.07, 6.45) is 0.117. The zero-order valence-corrected chi connectivity index (χ0v) is 8.95. The highest BCUT2D eigenvalue weighted by molar-refractivity contribution is 5.75. The van der Waals surface area contributed by atoms with Gasteiger partial charge in [-0.15, -0.1) is 0 Å². The van der Waals surface area contributed by atoms with Gasteiger partial charge in [-0.05, 0) is 20.3 Å². The van der Waals surface area contributed by atoms with Crippen molar-refractivity contribution in [2.24, 2.45) is 11.5 Å². The first kappa shape index (κ1) is 13.7. The molecule has 0 saturated carbocycles. The first-order valence-electron chi connectivity index (χ1n) is 4.61. The summed E-state index contributed by atoms with van der Waals surface area (Å²) in [5, 5.41) is 6.78. The lowest BCUT2D eigenvalue weighted by atomic mass is 10.2. The van der Waals surface area contributed by atoms with Crippen molar-refractivity contribution in [1.29, 1.82) is 5.41 Å². The molecule has 7 heteroatoms. The minimum absolute atomic E-state index is 0.175. The summed E-state index contributed by atoms with van der Waals surface area (Å²) < 4.78 is 4.88. The van der Waals surface area contributed by atoms with Crippen LogP contribution in [0.15, 0.2) is 0 Å². The Labute approximate surface area is 88.6 Å². The van der Waals surface area contributed by atoms with Crippen LogP contribution in [-0.4, -0.2) is 30.7 Å². The molecule has 0 saturated heterocycles. The molecule has 0 aliphatic heterocycles. The van der Waals surface area contributed by atoms with Crippen LogP contribution in [-0.2, 0) is 14.4 Å². The molecule has 0 aromatic heterocycles. The number of hydrogen-bond donors (Lipinski definition) is 4. The highest BCUT2D eigenvalue weighted by Gasteiger charge is 2.15. The average Bonchev–Trinajstić information content (AvgIpc) is 2.10. The Hall–Kier alpha value is -1.34. The fourth-order valence-corrected chi connectivity index (χ4v) is 0.752. The van der Waals surface area contributed by atoms with Gasteiger partial charge in [-0.3, -0.25) is 15.0 Å². The first-order chi connectivity index (χ1) is 6.93. The van der Waals surface area contributed by atoms with Gasteiger partial charge in [-0.25, -0.2) is 5.48 Å². The van der Waals surface area contributed by atoms with Crippen molar-refractivity contribution in [2.45, 2.75) is 32.4 Å². The number of hydroxylamine groups is 1. The van der Waals surface area contributed by atoms with E-state index in [0.29, 0.717) is 6.42 Å². The van der Waals surface area contributed by atoms with Gasteiger partial charge in [-0.2, -0.15) is 0 Å². The van der Waals surface area contributed by atoms with Crippen LogP contribution >= 0.6 is 0 Å². The number of hydrogen-bond acceptors (Lipinski definition) is 5. The Morgan fingerprint density at radius 1 is 1.53 bits per heavy atom. The van der Waals surface area contributed by atoms with Gasteiger partial charge in [0, 0.05) is 0 Å². The highest BCUT2D eigenvalue weighted by Crippen LogP contribution is 1.96. The van der Waals surface area contributed by atoms with Gasteiger partial charge in [0.25, 0.3) is 0 Å². The van der Waals surface area contributed by atoms with Crippen LogP contribution in [0.3, 0.4) is 0 Å². The van der Waals surface area contributed by atoms with E-state index >= 15 is 0 Å². The topological polar surface area (TPSA) is 123 Å². The van der Waals surface area contributed by atoms with Crippen molar-refractivity contribution < 1.29 is 14.4 Å². The molecule has 0 radical (unpaired) electrons. The normalized spacial score (nSPS) is 12.3. The van der Waals surface area contributed by atoms with E-state index in [9.17, 15) is 4.79 Å². The van der Waals surface area contributed by atoms with E-state index in [2.05, 4.69) is 5.48 Å². The van der Waals surface area contributed by atoms with Crippen molar-refractivity contribution in [3.63, 3.8) is 0 Å². The monoisotopic (exact) mass is 218 g/mol. The smallest absolute Gasteiger partial charge is 0.323 e. The molecule has 0 aromatic rings. The summed E-state index contributed by atoms with van der Waals surface area (Å²) in [4.78, 5) is 15.9. The van der Waals surface area contributed by atoms with E-state index in [0.717, 1.165) is 0 Å². The van der Waals surface area contributed by atoms with E-state index < -0.39 is 12.0 Å². The third kappa shape index (κ3) is 7.71. The quantitative estimate of drug-likeness (QED) is 0.150. The fourth-order valence-electron chi connectivity index (χ4n) is 0.752. The standard InChI is InChI=1S/C8H18N4O3/c1-5(2)15-7(13)6(9)3-4-14-12-8(10)11/h5-6H,3-4,9H2,1-2H3,(H4,10,11,12). The zero-order valence-electron chi connectivity index (χ0n) is 8.95. The maximum Gasteiger partial charge on any atom is 0.323 e. The number of esters is 1. The molecule has 1 atom stereocenters. The average molecular weight is 218 g/mol. The summed E-state index contributed by atoms with van der Waals surface area (Å²) in [6.45, 7) is 3.67. The van der Waals surface area contributed by atoms with Crippen LogP contribution in [0.2, 0.25) is 0 Å². The number of carbonyl (C=O) groups excluding carboxylic acids is 1. The number of nitrogens with two attached hydrogens (primary N) is 2. The largest absolute Gasteiger partial charge is 0.462 e. The van der Waals surface area contributed by atoms with Gasteiger partial charge in [0.1, 0.15) is 6.04 Å². The molecular weight excluding hydrogens is 200 g/mol. The summed E-state index contributed by atoms with van der Waals surface area (Å²) in [6, 6.07) is -0.721. The Balaban J connectivity index is 3.60. The maximum atomic E-state index is 11.2. The lowest BCUT2D eigenvalue weighted by molar-refractivity contribution is -0.149. The Morgan fingerprint density at radius 3 is 2.60 bits per heavy atom. The van der Waals surface area contributed by atoms with Crippen LogP contribution in [0, 0.1) is 5.41 Å². The van der Waals surface area contributed by atoms with Crippen LogP contribution in [0.25, 0.3) is 0 Å². The number of rotatable bonds is 6. The zero-order chi connectivity index (χ0) is 11.8. The predicted octanol–water partition coefficient (Wildman–Crippen LogP) is -0.930. The molecule has 0 bridgehead atoms. The van der Waals surface area contributed by atoms with Gasteiger partial charge >= 0.3 is 5.97 Å². The third-order valence-corrected chi connectivity index (χ3v) is 1.37. The molecule has 0 rings (SSSR count). The summed E-state index contributed by atoms with van der Waals surface area (Å²) in [7, 11) is 0. The molecule has 0 aliphatic rings. The molecule has 6 N–H and O–H groups in total. The Bertz CT molecular complexity index is 220. The lowest BCUT2D eigenvalue weighted by Crippen LogP contribution is -2.37. The second-order valence-electron chi connectivity index (χ2n) is 3.25. The van der Waals surface area contributed by atoms with Gasteiger partial charge in [0.2, 0.25) is 5.96 Å². The van der Waals surface area contributed by atoms with E-state index in [4.69, 9.17) is 26.5 Å². The van der Waals surface area contributed by atoms with Crippen LogP contribution in [0.5, 0.6) is 0 Å². The fraction of sp³-hybridized carbons (Fsp3) is 0.750. The molecule has 0 fully saturated rings. The molecule has 7 nitrogen and oxygen atoms in total. The second kappa shape index (κ2) is 7.02. The highest BCUT2D eigenvalue weighted by atomic mass is 16.6. The summed E-state index contributed by atoms with van der Waals surface area (Å²) in [5.41, 5.74) is 12.6. The lowest BCUT2D eigenvalue weighted by Gasteiger charge is -2.13. The van der Waals surface area contributed by atoms with Gasteiger partial charge in [0.15, 0.2) is 0 Å². The van der Waals surface area contributed by atoms with Gasteiger partial charge < -0.3 is 16.2 Å². The first-order valence-corrected chi connectivity index (χ1v) is 4.61. The van der Waals surface area contributed by atoms with Crippen molar-refractivity contribution in [2.75, 3.05) is 6.61 Å². The maximum absolute atomic E-state index is 11.2. The number of nitrogens with one attached hydrogen (secondary N) is 2. The molecular formula is C8H18N4O3. The number of carbonyl (C=O) groups is 1. The molecule has 1 unspecified atom stereocenters. The SMILES string of the molecule is CC(C)OC(=O)C(N)CCONC(=N)N. The van der Waals surface area contributed by atoms with E-state index in [1.165, 1.54) is 0 Å². The van der Waals surface area contributed by atoms with Crippen LogP contribution < -0.4 is 16.9 Å². The van der Waals surface area contributed by atoms with E-state index in [1.807, 2.05) is 0 Å². The predicted molar refractivity (Wildman–Crippen MR) is 54.8 cm³/mol. The number of guanidine groups is 1. The minimum atomic E-state index is -0.721. The second-order valence-corrected chi connectivity index (χ2v) is 3.25. The Morgan fingerprint density at radius 2 is 2.13 bits per heavy atom. The molecule has 15 heavy (non-hydrogen) atoms. The molecule has 0 aromatic carbocycles.